The second-order valence-corrected chi connectivity index (χ2v) is 5.23. The number of nitrogens with one attached hydrogen (secondary N) is 2. The Morgan fingerprint density at radius 3 is 3.11 bits per heavy atom. The van der Waals surface area contributed by atoms with Crippen LogP contribution >= 0.6 is 0 Å². The molecule has 1 unspecified atom stereocenters. The van der Waals surface area contributed by atoms with Gasteiger partial charge in [0, 0.05) is 18.2 Å². The van der Waals surface area contributed by atoms with E-state index >= 15 is 0 Å². The highest BCUT2D eigenvalue weighted by atomic mass is 16.1. The summed E-state index contributed by atoms with van der Waals surface area (Å²) in [4.78, 5) is 16.1. The third kappa shape index (κ3) is 4.99. The van der Waals surface area contributed by atoms with Crippen molar-refractivity contribution in [3.63, 3.8) is 0 Å². The highest BCUT2D eigenvalue weighted by molar-refractivity contribution is 5.75. The number of hydrogen-bond donors (Lipinski definition) is 2. The summed E-state index contributed by atoms with van der Waals surface area (Å²) < 4.78 is 0. The van der Waals surface area contributed by atoms with Crippen LogP contribution < -0.4 is 10.6 Å². The van der Waals surface area contributed by atoms with Crippen LogP contribution in [-0.4, -0.2) is 23.5 Å². The molecule has 1 aromatic rings. The number of hydrogen-bond acceptors (Lipinski definition) is 3. The van der Waals surface area contributed by atoms with Gasteiger partial charge in [0.1, 0.15) is 0 Å². The molecule has 0 spiro atoms. The molecular formula is C15H23N3O. The maximum absolute atomic E-state index is 11.8. The van der Waals surface area contributed by atoms with E-state index in [0.717, 1.165) is 24.4 Å². The van der Waals surface area contributed by atoms with Crippen LogP contribution in [0.1, 0.15) is 43.5 Å². The summed E-state index contributed by atoms with van der Waals surface area (Å²) in [5.74, 6) is 0.121. The fraction of sp³-hybridized carbons (Fsp3) is 0.600. The van der Waals surface area contributed by atoms with E-state index in [2.05, 4.69) is 15.6 Å². The van der Waals surface area contributed by atoms with Gasteiger partial charge in [0.25, 0.3) is 0 Å². The lowest BCUT2D eigenvalue weighted by atomic mass is 10.0. The minimum absolute atomic E-state index is 0.121. The van der Waals surface area contributed by atoms with Crippen LogP contribution in [0, 0.1) is 6.92 Å². The molecule has 1 amide bonds. The number of carbonyl (C=O) groups is 1. The Bertz CT molecular complexity index is 414. The molecule has 1 aliphatic heterocycles. The van der Waals surface area contributed by atoms with Crippen LogP contribution in [0.5, 0.6) is 0 Å². The third-order valence-corrected chi connectivity index (χ3v) is 3.54. The van der Waals surface area contributed by atoms with Crippen LogP contribution in [0.15, 0.2) is 18.2 Å². The van der Waals surface area contributed by atoms with E-state index in [1.54, 1.807) is 0 Å². The Morgan fingerprint density at radius 2 is 2.37 bits per heavy atom. The van der Waals surface area contributed by atoms with Gasteiger partial charge in [-0.2, -0.15) is 0 Å². The first-order chi connectivity index (χ1) is 9.24. The molecule has 19 heavy (non-hydrogen) atoms. The van der Waals surface area contributed by atoms with Gasteiger partial charge in [0.2, 0.25) is 5.91 Å². The molecule has 1 aliphatic rings. The molecule has 0 radical (unpaired) electrons. The van der Waals surface area contributed by atoms with Gasteiger partial charge in [-0.1, -0.05) is 12.5 Å². The van der Waals surface area contributed by atoms with E-state index in [4.69, 9.17) is 0 Å². The van der Waals surface area contributed by atoms with Crippen molar-refractivity contribution in [1.29, 1.82) is 0 Å². The summed E-state index contributed by atoms with van der Waals surface area (Å²) in [6, 6.07) is 6.39. The summed E-state index contributed by atoms with van der Waals surface area (Å²) in [5.41, 5.74) is 1.90. The van der Waals surface area contributed by atoms with Gasteiger partial charge < -0.3 is 10.6 Å². The van der Waals surface area contributed by atoms with Gasteiger partial charge in [-0.3, -0.25) is 9.78 Å². The van der Waals surface area contributed by atoms with Crippen molar-refractivity contribution in [2.45, 2.75) is 51.6 Å². The number of pyridine rings is 1. The summed E-state index contributed by atoms with van der Waals surface area (Å²) >= 11 is 0. The van der Waals surface area contributed by atoms with Crippen molar-refractivity contribution in [2.24, 2.45) is 0 Å². The van der Waals surface area contributed by atoms with Crippen molar-refractivity contribution >= 4 is 5.91 Å². The SMILES string of the molecule is Cc1cccc(CNC(=O)CCC2CCCCN2)n1. The Labute approximate surface area is 115 Å². The summed E-state index contributed by atoms with van der Waals surface area (Å²) in [5, 5.41) is 6.40. The van der Waals surface area contributed by atoms with Gasteiger partial charge >= 0.3 is 0 Å². The molecule has 104 valence electrons. The molecule has 1 atom stereocenters. The van der Waals surface area contributed by atoms with E-state index in [-0.39, 0.29) is 5.91 Å². The van der Waals surface area contributed by atoms with E-state index in [1.807, 2.05) is 25.1 Å². The van der Waals surface area contributed by atoms with Crippen LogP contribution in [0.2, 0.25) is 0 Å². The fourth-order valence-electron chi connectivity index (χ4n) is 2.45. The maximum Gasteiger partial charge on any atom is 0.220 e. The van der Waals surface area contributed by atoms with Crippen molar-refractivity contribution in [3.8, 4) is 0 Å². The van der Waals surface area contributed by atoms with Gasteiger partial charge in [-0.05, 0) is 44.9 Å². The van der Waals surface area contributed by atoms with E-state index in [9.17, 15) is 4.79 Å². The van der Waals surface area contributed by atoms with Crippen LogP contribution in [0.25, 0.3) is 0 Å². The number of piperidine rings is 1. The zero-order valence-electron chi connectivity index (χ0n) is 11.6. The number of carbonyl (C=O) groups excluding carboxylic acids is 1. The van der Waals surface area contributed by atoms with Crippen molar-refractivity contribution in [2.75, 3.05) is 6.54 Å². The Hall–Kier alpha value is -1.42. The zero-order valence-corrected chi connectivity index (χ0v) is 11.6. The quantitative estimate of drug-likeness (QED) is 0.851. The molecule has 2 heterocycles. The molecule has 0 saturated carbocycles. The molecule has 0 bridgehead atoms. The van der Waals surface area contributed by atoms with Crippen LogP contribution in [0.3, 0.4) is 0 Å². The molecule has 0 aromatic carbocycles. The second-order valence-electron chi connectivity index (χ2n) is 5.23. The van der Waals surface area contributed by atoms with Gasteiger partial charge in [-0.25, -0.2) is 0 Å². The highest BCUT2D eigenvalue weighted by Gasteiger charge is 2.13. The first kappa shape index (κ1) is 14.0. The standard InChI is InChI=1S/C15H23N3O/c1-12-5-4-7-14(18-12)11-17-15(19)9-8-13-6-2-3-10-16-13/h4-5,7,13,16H,2-3,6,8-11H2,1H3,(H,17,19). The molecule has 4 nitrogen and oxygen atoms in total. The number of aromatic nitrogens is 1. The fourth-order valence-corrected chi connectivity index (χ4v) is 2.45. The van der Waals surface area contributed by atoms with E-state index < -0.39 is 0 Å². The highest BCUT2D eigenvalue weighted by Crippen LogP contribution is 2.11. The predicted octanol–water partition coefficient (Wildman–Crippen LogP) is 1.93. The number of amides is 1. The lowest BCUT2D eigenvalue weighted by molar-refractivity contribution is -0.121. The maximum atomic E-state index is 11.8. The molecule has 2 rings (SSSR count). The topological polar surface area (TPSA) is 54.0 Å². The van der Waals surface area contributed by atoms with Crippen LogP contribution in [0.4, 0.5) is 0 Å². The second kappa shape index (κ2) is 7.24. The minimum atomic E-state index is 0.121. The number of nitrogens with zero attached hydrogens (tertiary/aromatic N) is 1. The third-order valence-electron chi connectivity index (χ3n) is 3.54. The van der Waals surface area contributed by atoms with Crippen molar-refractivity contribution in [3.05, 3.63) is 29.6 Å². The first-order valence-corrected chi connectivity index (χ1v) is 7.16. The van der Waals surface area contributed by atoms with Crippen molar-refractivity contribution in [1.82, 2.24) is 15.6 Å². The first-order valence-electron chi connectivity index (χ1n) is 7.16. The van der Waals surface area contributed by atoms with Crippen molar-refractivity contribution < 1.29 is 4.79 Å². The molecular weight excluding hydrogens is 238 g/mol. The minimum Gasteiger partial charge on any atom is -0.350 e. The van der Waals surface area contributed by atoms with Gasteiger partial charge in [0.15, 0.2) is 0 Å². The van der Waals surface area contributed by atoms with Crippen LogP contribution in [-0.2, 0) is 11.3 Å². The lowest BCUT2D eigenvalue weighted by Gasteiger charge is -2.23. The molecule has 1 saturated heterocycles. The Kier molecular flexibility index (Phi) is 5.33. The average molecular weight is 261 g/mol. The average Bonchev–Trinajstić information content (AvgIpc) is 2.44. The monoisotopic (exact) mass is 261 g/mol. The summed E-state index contributed by atoms with van der Waals surface area (Å²) in [6.45, 7) is 3.58. The summed E-state index contributed by atoms with van der Waals surface area (Å²) in [7, 11) is 0. The normalized spacial score (nSPS) is 19.1. The van der Waals surface area contributed by atoms with E-state index in [1.165, 1.54) is 19.3 Å². The van der Waals surface area contributed by atoms with Gasteiger partial charge in [-0.15, -0.1) is 0 Å². The lowest BCUT2D eigenvalue weighted by Crippen LogP contribution is -2.35. The number of rotatable bonds is 5. The van der Waals surface area contributed by atoms with E-state index in [0.29, 0.717) is 19.0 Å². The molecule has 4 heteroatoms. The summed E-state index contributed by atoms with van der Waals surface area (Å²) in [6.07, 6.45) is 5.29. The predicted molar refractivity (Wildman–Crippen MR) is 75.7 cm³/mol. The molecule has 0 aliphatic carbocycles. The molecule has 1 aromatic heterocycles. The largest absolute Gasteiger partial charge is 0.350 e. The number of aryl methyl sites for hydroxylation is 1. The molecule has 2 N–H and O–H groups in total. The Balaban J connectivity index is 1.66. The Morgan fingerprint density at radius 1 is 1.47 bits per heavy atom. The smallest absolute Gasteiger partial charge is 0.220 e. The van der Waals surface area contributed by atoms with Gasteiger partial charge in [0.05, 0.1) is 12.2 Å². The molecule has 1 fully saturated rings. The zero-order chi connectivity index (χ0) is 13.5.